The Balaban J connectivity index is 0.00000225. The van der Waals surface area contributed by atoms with E-state index in [1.54, 1.807) is 11.6 Å². The molecule has 28 heavy (non-hydrogen) atoms. The van der Waals surface area contributed by atoms with E-state index in [4.69, 9.17) is 0 Å². The van der Waals surface area contributed by atoms with E-state index in [1.165, 1.54) is 18.4 Å². The van der Waals surface area contributed by atoms with E-state index < -0.39 is 0 Å². The molecule has 3 aliphatic carbocycles. The number of phenolic OH excluding ortho intramolecular Hbond substituents is 1. The first kappa shape index (κ1) is 21.4. The topological polar surface area (TPSA) is 20.2 Å². The molecule has 1 N–H and O–H groups in total. The SMILES string of the molecule is CC1(C)[C@H]2CC=C(C[N+](C)(C)Cc3ccc(-c4cccc(O)c4)cc3)[C@@H]1C2.[I-]. The highest BCUT2D eigenvalue weighted by Gasteiger charge is 2.52. The molecule has 2 bridgehead atoms. The minimum atomic E-state index is 0. The van der Waals surface area contributed by atoms with Crippen molar-refractivity contribution in [3.05, 3.63) is 65.7 Å². The van der Waals surface area contributed by atoms with Gasteiger partial charge in [0.15, 0.2) is 0 Å². The molecule has 0 unspecified atom stereocenters. The third-order valence-electron chi connectivity index (χ3n) is 6.94. The fourth-order valence-electron chi connectivity index (χ4n) is 5.19. The number of rotatable bonds is 5. The van der Waals surface area contributed by atoms with E-state index in [2.05, 4.69) is 58.3 Å². The molecule has 0 aromatic heterocycles. The molecule has 3 heteroatoms. The van der Waals surface area contributed by atoms with Crippen molar-refractivity contribution >= 4 is 0 Å². The van der Waals surface area contributed by atoms with Gasteiger partial charge in [-0.1, -0.05) is 56.3 Å². The van der Waals surface area contributed by atoms with Crippen molar-refractivity contribution in [3.8, 4) is 16.9 Å². The Labute approximate surface area is 186 Å². The van der Waals surface area contributed by atoms with Crippen molar-refractivity contribution in [2.24, 2.45) is 17.3 Å². The fourth-order valence-corrected chi connectivity index (χ4v) is 5.19. The number of benzene rings is 2. The lowest BCUT2D eigenvalue weighted by atomic mass is 9.49. The first-order chi connectivity index (χ1) is 12.7. The van der Waals surface area contributed by atoms with Crippen LogP contribution in [0.5, 0.6) is 5.75 Å². The summed E-state index contributed by atoms with van der Waals surface area (Å²) in [5, 5.41) is 9.69. The van der Waals surface area contributed by atoms with Gasteiger partial charge >= 0.3 is 0 Å². The normalized spacial score (nSPS) is 22.6. The molecule has 0 radical (unpaired) electrons. The van der Waals surface area contributed by atoms with Crippen LogP contribution < -0.4 is 24.0 Å². The van der Waals surface area contributed by atoms with E-state index in [0.29, 0.717) is 11.2 Å². The predicted octanol–water partition coefficient (Wildman–Crippen LogP) is 2.63. The van der Waals surface area contributed by atoms with Gasteiger partial charge in [0.2, 0.25) is 0 Å². The maximum absolute atomic E-state index is 9.69. The summed E-state index contributed by atoms with van der Waals surface area (Å²) in [7, 11) is 4.70. The highest BCUT2D eigenvalue weighted by atomic mass is 127. The molecule has 5 rings (SSSR count). The van der Waals surface area contributed by atoms with Crippen LogP contribution >= 0.6 is 0 Å². The van der Waals surface area contributed by atoms with E-state index >= 15 is 0 Å². The van der Waals surface area contributed by atoms with Crippen LogP contribution in [0.25, 0.3) is 11.1 Å². The minimum absolute atomic E-state index is 0. The van der Waals surface area contributed by atoms with Gasteiger partial charge in [0, 0.05) is 5.56 Å². The van der Waals surface area contributed by atoms with Crippen molar-refractivity contribution < 1.29 is 33.6 Å². The fraction of sp³-hybridized carbons (Fsp3) is 0.440. The summed E-state index contributed by atoms with van der Waals surface area (Å²) in [5.74, 6) is 2.02. The highest BCUT2D eigenvalue weighted by molar-refractivity contribution is 5.65. The van der Waals surface area contributed by atoms with Gasteiger partial charge in [-0.25, -0.2) is 0 Å². The summed E-state index contributed by atoms with van der Waals surface area (Å²) in [6, 6.07) is 16.3. The number of phenols is 1. The second kappa shape index (κ2) is 7.83. The van der Waals surface area contributed by atoms with Crippen LogP contribution in [0, 0.1) is 17.3 Å². The molecule has 3 aliphatic rings. The summed E-state index contributed by atoms with van der Waals surface area (Å²) >= 11 is 0. The summed E-state index contributed by atoms with van der Waals surface area (Å²) in [6.45, 7) is 7.10. The molecule has 0 heterocycles. The summed E-state index contributed by atoms with van der Waals surface area (Å²) in [5.41, 5.74) is 5.77. The third-order valence-corrected chi connectivity index (χ3v) is 6.94. The number of halogens is 1. The Morgan fingerprint density at radius 1 is 1.00 bits per heavy atom. The van der Waals surface area contributed by atoms with Gasteiger partial charge in [-0.15, -0.1) is 0 Å². The number of aromatic hydroxyl groups is 1. The zero-order valence-electron chi connectivity index (χ0n) is 17.5. The number of fused-ring (bicyclic) bond motifs is 1. The van der Waals surface area contributed by atoms with Gasteiger partial charge in [-0.3, -0.25) is 0 Å². The number of likely N-dealkylation sites (N-methyl/N-ethyl adjacent to an activating group) is 1. The number of quaternary nitrogens is 1. The molecule has 0 spiro atoms. The van der Waals surface area contributed by atoms with Gasteiger partial charge in [0.1, 0.15) is 18.8 Å². The Kier molecular flexibility index (Phi) is 5.98. The zero-order chi connectivity index (χ0) is 19.2. The van der Waals surface area contributed by atoms with Gasteiger partial charge < -0.3 is 33.6 Å². The van der Waals surface area contributed by atoms with E-state index in [9.17, 15) is 5.11 Å². The Hall–Kier alpha value is -1.33. The molecule has 2 aromatic carbocycles. The minimum Gasteiger partial charge on any atom is -1.00 e. The molecule has 2 atom stereocenters. The molecule has 2 nitrogen and oxygen atoms in total. The molecule has 150 valence electrons. The molecular formula is C25H32INO. The molecule has 1 fully saturated rings. The average molecular weight is 489 g/mol. The average Bonchev–Trinajstić information content (AvgIpc) is 2.61. The Bertz CT molecular complexity index is 866. The van der Waals surface area contributed by atoms with Gasteiger partial charge in [0.25, 0.3) is 0 Å². The maximum Gasteiger partial charge on any atom is 0.116 e. The van der Waals surface area contributed by atoms with Crippen LogP contribution in [0.2, 0.25) is 0 Å². The van der Waals surface area contributed by atoms with Crippen LogP contribution in [-0.2, 0) is 6.54 Å². The maximum atomic E-state index is 9.69. The summed E-state index contributed by atoms with van der Waals surface area (Å²) in [6.07, 6.45) is 5.21. The highest BCUT2D eigenvalue weighted by Crippen LogP contribution is 2.59. The van der Waals surface area contributed by atoms with Crippen molar-refractivity contribution in [2.75, 3.05) is 20.6 Å². The van der Waals surface area contributed by atoms with Crippen LogP contribution in [0.15, 0.2) is 60.2 Å². The molecule has 1 saturated carbocycles. The third kappa shape index (κ3) is 4.16. The van der Waals surface area contributed by atoms with Gasteiger partial charge in [-0.05, 0) is 58.9 Å². The first-order valence-corrected chi connectivity index (χ1v) is 10.1. The molecule has 0 saturated heterocycles. The Morgan fingerprint density at radius 2 is 1.71 bits per heavy atom. The van der Waals surface area contributed by atoms with Crippen LogP contribution in [0.4, 0.5) is 0 Å². The Morgan fingerprint density at radius 3 is 2.32 bits per heavy atom. The number of hydrogen-bond donors (Lipinski definition) is 1. The van der Waals surface area contributed by atoms with Crippen molar-refractivity contribution in [1.82, 2.24) is 0 Å². The molecule has 0 aliphatic heterocycles. The number of allylic oxidation sites excluding steroid dienone is 1. The summed E-state index contributed by atoms with van der Waals surface area (Å²) < 4.78 is 0.995. The number of hydrogen-bond acceptors (Lipinski definition) is 1. The second-order valence-electron chi connectivity index (χ2n) is 9.82. The lowest BCUT2D eigenvalue weighted by Gasteiger charge is -2.57. The predicted molar refractivity (Wildman–Crippen MR) is 112 cm³/mol. The summed E-state index contributed by atoms with van der Waals surface area (Å²) in [4.78, 5) is 0. The standard InChI is InChI=1S/C25H31NO.HI/c1-25(2)22-13-12-21(24(25)15-22)17-26(3,4)16-18-8-10-19(11-9-18)20-6-5-7-23(27)14-20;/h5-12,14,22,24H,13,15-17H2,1-4H3;1H/t22-,24-;/m0./s1. The van der Waals surface area contributed by atoms with E-state index in [-0.39, 0.29) is 24.0 Å². The van der Waals surface area contributed by atoms with E-state index in [0.717, 1.165) is 40.5 Å². The molecule has 0 amide bonds. The van der Waals surface area contributed by atoms with E-state index in [1.807, 2.05) is 18.2 Å². The lowest BCUT2D eigenvalue weighted by Crippen LogP contribution is -3.00. The van der Waals surface area contributed by atoms with Crippen LogP contribution in [0.1, 0.15) is 32.3 Å². The van der Waals surface area contributed by atoms with Gasteiger partial charge in [0.05, 0.1) is 14.1 Å². The number of nitrogens with zero attached hydrogens (tertiary/aromatic N) is 1. The second-order valence-corrected chi connectivity index (χ2v) is 9.82. The monoisotopic (exact) mass is 489 g/mol. The van der Waals surface area contributed by atoms with Crippen molar-refractivity contribution in [3.63, 3.8) is 0 Å². The smallest absolute Gasteiger partial charge is 0.116 e. The van der Waals surface area contributed by atoms with Crippen LogP contribution in [-0.4, -0.2) is 30.2 Å². The van der Waals surface area contributed by atoms with Crippen molar-refractivity contribution in [1.29, 1.82) is 0 Å². The molecular weight excluding hydrogens is 457 g/mol. The molecule has 2 aromatic rings. The quantitative estimate of drug-likeness (QED) is 0.389. The van der Waals surface area contributed by atoms with Crippen LogP contribution in [0.3, 0.4) is 0 Å². The lowest BCUT2D eigenvalue weighted by molar-refractivity contribution is -0.899. The largest absolute Gasteiger partial charge is 1.00 e. The van der Waals surface area contributed by atoms with Crippen molar-refractivity contribution in [2.45, 2.75) is 33.2 Å². The zero-order valence-corrected chi connectivity index (χ0v) is 19.6. The first-order valence-electron chi connectivity index (χ1n) is 10.1. The van der Waals surface area contributed by atoms with Gasteiger partial charge in [-0.2, -0.15) is 0 Å².